The summed E-state index contributed by atoms with van der Waals surface area (Å²) in [6.07, 6.45) is -3.24. The molecular formula is C25H25ClF3N9OS. The Morgan fingerprint density at radius 1 is 1.02 bits per heavy atom. The molecule has 0 unspecified atom stereocenters. The van der Waals surface area contributed by atoms with Gasteiger partial charge in [-0.1, -0.05) is 45.2 Å². The van der Waals surface area contributed by atoms with E-state index in [9.17, 15) is 18.0 Å². The third-order valence-electron chi connectivity index (χ3n) is 5.40. The van der Waals surface area contributed by atoms with Crippen molar-refractivity contribution in [2.24, 2.45) is 0 Å². The molecule has 3 heterocycles. The van der Waals surface area contributed by atoms with Gasteiger partial charge in [0.2, 0.25) is 5.95 Å². The van der Waals surface area contributed by atoms with E-state index >= 15 is 0 Å². The molecule has 3 aromatic heterocycles. The number of benzene rings is 1. The number of hydrogen-bond donors (Lipinski definition) is 5. The number of nitrogens with zero attached hydrogens (tertiary/aromatic N) is 5. The van der Waals surface area contributed by atoms with E-state index in [1.807, 2.05) is 13.0 Å². The van der Waals surface area contributed by atoms with Crippen LogP contribution in [0.15, 0.2) is 48.7 Å². The molecule has 10 nitrogen and oxygen atoms in total. The third-order valence-corrected chi connectivity index (χ3v) is 6.12. The molecule has 0 saturated heterocycles. The number of thiol groups is 1. The second-order valence-corrected chi connectivity index (χ2v) is 10.5. The Morgan fingerprint density at radius 2 is 1.75 bits per heavy atom. The standard InChI is InChI=1S/C25H25ClF3N9OS/c1-13-9-19(34-20-11-18(36-37-20)24(2,3)4)35-22(31-13)32-15-6-8-21(30-12-15)38(40)23(39)33-14-5-7-17(26)16(10-14)25(27,28)29/h5-12,40H,1-4H3,(H,33,39)(H3,31,32,34,35,36,37). The van der Waals surface area contributed by atoms with Gasteiger partial charge in [-0.25, -0.2) is 19.1 Å². The van der Waals surface area contributed by atoms with Crippen LogP contribution in [0.1, 0.15) is 37.7 Å². The molecule has 210 valence electrons. The van der Waals surface area contributed by atoms with Crippen LogP contribution in [0.5, 0.6) is 0 Å². The van der Waals surface area contributed by atoms with Crippen LogP contribution in [-0.4, -0.2) is 31.2 Å². The number of aryl methyl sites for hydroxylation is 1. The van der Waals surface area contributed by atoms with Gasteiger partial charge < -0.3 is 16.0 Å². The zero-order valence-corrected chi connectivity index (χ0v) is 23.4. The lowest BCUT2D eigenvalue weighted by Crippen LogP contribution is -2.27. The molecule has 4 N–H and O–H groups in total. The lowest BCUT2D eigenvalue weighted by atomic mass is 9.92. The summed E-state index contributed by atoms with van der Waals surface area (Å²) < 4.78 is 40.2. The minimum atomic E-state index is -4.67. The van der Waals surface area contributed by atoms with Crippen molar-refractivity contribution in [3.05, 3.63) is 70.6 Å². The molecule has 0 radical (unpaired) electrons. The van der Waals surface area contributed by atoms with Gasteiger partial charge in [0.05, 0.1) is 28.2 Å². The highest BCUT2D eigenvalue weighted by Crippen LogP contribution is 2.36. The molecule has 0 aliphatic rings. The predicted octanol–water partition coefficient (Wildman–Crippen LogP) is 7.24. The molecule has 15 heteroatoms. The van der Waals surface area contributed by atoms with Crippen molar-refractivity contribution in [3.63, 3.8) is 0 Å². The van der Waals surface area contributed by atoms with Crippen molar-refractivity contribution >= 4 is 65.2 Å². The number of amides is 2. The SMILES string of the molecule is Cc1cc(Nc2cc(C(C)(C)C)n[nH]2)nc(Nc2ccc(N(S)C(=O)Nc3ccc(Cl)c(C(F)(F)F)c3)nc2)n1. The van der Waals surface area contributed by atoms with Crippen LogP contribution < -0.4 is 20.3 Å². The van der Waals surface area contributed by atoms with Crippen LogP contribution in [0.25, 0.3) is 0 Å². The largest absolute Gasteiger partial charge is 0.417 e. The minimum Gasteiger partial charge on any atom is -0.325 e. The highest BCUT2D eigenvalue weighted by atomic mass is 35.5. The summed E-state index contributed by atoms with van der Waals surface area (Å²) in [4.78, 5) is 25.6. The van der Waals surface area contributed by atoms with Crippen molar-refractivity contribution in [3.8, 4) is 0 Å². The number of H-pyrrole nitrogens is 1. The zero-order valence-electron chi connectivity index (χ0n) is 21.7. The number of anilines is 6. The maximum atomic E-state index is 13.1. The van der Waals surface area contributed by atoms with E-state index < -0.39 is 22.8 Å². The summed E-state index contributed by atoms with van der Waals surface area (Å²) in [5.74, 6) is 1.65. The monoisotopic (exact) mass is 591 g/mol. The van der Waals surface area contributed by atoms with Crippen LogP contribution in [-0.2, 0) is 11.6 Å². The first-order valence-corrected chi connectivity index (χ1v) is 12.6. The van der Waals surface area contributed by atoms with Crippen molar-refractivity contribution in [1.29, 1.82) is 0 Å². The molecule has 4 rings (SSSR count). The van der Waals surface area contributed by atoms with Crippen LogP contribution in [0, 0.1) is 6.92 Å². The fourth-order valence-electron chi connectivity index (χ4n) is 3.41. The van der Waals surface area contributed by atoms with Crippen molar-refractivity contribution in [2.75, 3.05) is 20.3 Å². The van der Waals surface area contributed by atoms with Gasteiger partial charge >= 0.3 is 12.2 Å². The summed E-state index contributed by atoms with van der Waals surface area (Å²) in [6.45, 7) is 8.02. The number of carbonyl (C=O) groups is 1. The maximum absolute atomic E-state index is 13.1. The van der Waals surface area contributed by atoms with Gasteiger partial charge in [-0.2, -0.15) is 23.3 Å². The average molecular weight is 592 g/mol. The number of aromatic amines is 1. The topological polar surface area (TPSA) is 124 Å². The Kier molecular flexibility index (Phi) is 8.12. The summed E-state index contributed by atoms with van der Waals surface area (Å²) in [7, 11) is 0. The van der Waals surface area contributed by atoms with E-state index in [1.165, 1.54) is 18.3 Å². The van der Waals surface area contributed by atoms with E-state index in [0.717, 1.165) is 22.1 Å². The molecule has 40 heavy (non-hydrogen) atoms. The molecule has 0 aliphatic heterocycles. The molecule has 0 aliphatic carbocycles. The lowest BCUT2D eigenvalue weighted by molar-refractivity contribution is -0.137. The minimum absolute atomic E-state index is 0.107. The molecule has 0 saturated carbocycles. The Hall–Kier alpha value is -4.04. The number of nitrogens with one attached hydrogen (secondary N) is 4. The molecular weight excluding hydrogens is 567 g/mol. The number of pyridine rings is 1. The molecule has 0 spiro atoms. The van der Waals surface area contributed by atoms with Crippen molar-refractivity contribution in [1.82, 2.24) is 25.1 Å². The van der Waals surface area contributed by atoms with Gasteiger partial charge in [0.15, 0.2) is 0 Å². The van der Waals surface area contributed by atoms with Crippen molar-refractivity contribution < 1.29 is 18.0 Å². The number of carbonyl (C=O) groups excluding carboxylic acids is 1. The zero-order chi connectivity index (χ0) is 29.2. The molecule has 0 atom stereocenters. The lowest BCUT2D eigenvalue weighted by Gasteiger charge is -2.17. The number of urea groups is 1. The molecule has 0 fully saturated rings. The number of hydrogen-bond acceptors (Lipinski definition) is 8. The Balaban J connectivity index is 1.42. The first-order valence-electron chi connectivity index (χ1n) is 11.8. The summed E-state index contributed by atoms with van der Waals surface area (Å²) >= 11 is 9.75. The molecule has 4 aromatic rings. The van der Waals surface area contributed by atoms with Gasteiger partial charge in [0, 0.05) is 28.9 Å². The van der Waals surface area contributed by atoms with E-state index in [4.69, 9.17) is 11.6 Å². The van der Waals surface area contributed by atoms with Gasteiger partial charge in [-0.15, -0.1) is 0 Å². The number of halogens is 4. The summed E-state index contributed by atoms with van der Waals surface area (Å²) in [6, 6.07) is 9.01. The molecule has 1 aromatic carbocycles. The second kappa shape index (κ2) is 11.2. The predicted molar refractivity (Wildman–Crippen MR) is 152 cm³/mol. The first kappa shape index (κ1) is 29.0. The van der Waals surface area contributed by atoms with E-state index in [2.05, 4.69) is 74.7 Å². The highest BCUT2D eigenvalue weighted by Gasteiger charge is 2.33. The second-order valence-electron chi connectivity index (χ2n) is 9.72. The van der Waals surface area contributed by atoms with Gasteiger partial charge in [-0.05, 0) is 37.3 Å². The molecule has 0 bridgehead atoms. The first-order chi connectivity index (χ1) is 18.7. The van der Waals surface area contributed by atoms with Crippen molar-refractivity contribution in [2.45, 2.75) is 39.3 Å². The highest BCUT2D eigenvalue weighted by molar-refractivity contribution is 7.82. The molecule has 2 amide bonds. The maximum Gasteiger partial charge on any atom is 0.417 e. The smallest absolute Gasteiger partial charge is 0.325 e. The number of aromatic nitrogens is 5. The summed E-state index contributed by atoms with van der Waals surface area (Å²) in [5.41, 5.74) is 0.837. The Labute approximate surface area is 238 Å². The summed E-state index contributed by atoms with van der Waals surface area (Å²) in [5, 5.41) is 15.4. The quantitative estimate of drug-likeness (QED) is 0.150. The Morgan fingerprint density at radius 3 is 2.38 bits per heavy atom. The van der Waals surface area contributed by atoms with E-state index in [0.29, 0.717) is 29.0 Å². The van der Waals surface area contributed by atoms with Crippen LogP contribution in [0.4, 0.5) is 52.7 Å². The normalized spacial score (nSPS) is 11.7. The average Bonchev–Trinajstić information content (AvgIpc) is 3.33. The third kappa shape index (κ3) is 7.12. The Bertz CT molecular complexity index is 1520. The van der Waals surface area contributed by atoms with Crippen LogP contribution >= 0.6 is 24.4 Å². The van der Waals surface area contributed by atoms with Crippen LogP contribution in [0.2, 0.25) is 5.02 Å². The van der Waals surface area contributed by atoms with Gasteiger partial charge in [0.1, 0.15) is 17.5 Å². The van der Waals surface area contributed by atoms with Gasteiger partial charge in [0.25, 0.3) is 0 Å². The van der Waals surface area contributed by atoms with Gasteiger partial charge in [-0.3, -0.25) is 5.10 Å². The van der Waals surface area contributed by atoms with Crippen LogP contribution in [0.3, 0.4) is 0 Å². The van der Waals surface area contributed by atoms with E-state index in [-0.39, 0.29) is 16.9 Å². The number of alkyl halides is 3. The fourth-order valence-corrected chi connectivity index (χ4v) is 3.80. The number of rotatable bonds is 6. The fraction of sp³-hybridized carbons (Fsp3) is 0.240. The van der Waals surface area contributed by atoms with E-state index in [1.54, 1.807) is 12.1 Å².